The zero-order valence-electron chi connectivity index (χ0n) is 15.7. The molecule has 27 heavy (non-hydrogen) atoms. The summed E-state index contributed by atoms with van der Waals surface area (Å²) in [7, 11) is 0. The number of esters is 1. The first-order valence-corrected chi connectivity index (χ1v) is 9.32. The van der Waals surface area contributed by atoms with Gasteiger partial charge in [-0.1, -0.05) is 26.0 Å². The molecule has 7 heteroatoms. The molecule has 0 atom stereocenters. The van der Waals surface area contributed by atoms with Crippen LogP contribution in [0.5, 0.6) is 0 Å². The number of carbonyl (C=O) groups excluding carboxylic acids is 2. The molecule has 1 saturated heterocycles. The summed E-state index contributed by atoms with van der Waals surface area (Å²) in [5.41, 5.74) is -1.28. The number of hydrogen-bond donors (Lipinski definition) is 0. The van der Waals surface area contributed by atoms with Crippen LogP contribution in [0.25, 0.3) is 0 Å². The van der Waals surface area contributed by atoms with Gasteiger partial charge in [-0.2, -0.15) is 13.2 Å². The molecular formula is C20H26F3NO3. The number of alkyl halides is 3. The Labute approximate surface area is 157 Å². The van der Waals surface area contributed by atoms with Gasteiger partial charge in [-0.15, -0.1) is 0 Å². The maximum atomic E-state index is 13.1. The Morgan fingerprint density at radius 2 is 1.81 bits per heavy atom. The van der Waals surface area contributed by atoms with Crippen molar-refractivity contribution in [3.8, 4) is 0 Å². The van der Waals surface area contributed by atoms with E-state index in [2.05, 4.69) is 13.8 Å². The number of benzene rings is 1. The number of nitrogens with zero attached hydrogens (tertiary/aromatic N) is 1. The molecule has 0 radical (unpaired) electrons. The Kier molecular flexibility index (Phi) is 7.27. The lowest BCUT2D eigenvalue weighted by Gasteiger charge is -2.31. The van der Waals surface area contributed by atoms with Gasteiger partial charge in [0.2, 0.25) is 0 Å². The van der Waals surface area contributed by atoms with Crippen LogP contribution in [-0.4, -0.2) is 36.5 Å². The van der Waals surface area contributed by atoms with Crippen LogP contribution in [0.3, 0.4) is 0 Å². The molecule has 0 saturated carbocycles. The minimum absolute atomic E-state index is 0.247. The zero-order valence-corrected chi connectivity index (χ0v) is 15.7. The monoisotopic (exact) mass is 385 g/mol. The quantitative estimate of drug-likeness (QED) is 0.534. The van der Waals surface area contributed by atoms with Crippen molar-refractivity contribution in [1.29, 1.82) is 0 Å². The number of ether oxygens (including phenoxy) is 1. The minimum atomic E-state index is -4.58. The lowest BCUT2D eigenvalue weighted by atomic mass is 9.96. The molecule has 1 aliphatic rings. The summed E-state index contributed by atoms with van der Waals surface area (Å²) in [6, 6.07) is 4.79. The van der Waals surface area contributed by atoms with E-state index in [0.717, 1.165) is 18.9 Å². The second-order valence-corrected chi connectivity index (χ2v) is 7.31. The van der Waals surface area contributed by atoms with Gasteiger partial charge in [0, 0.05) is 13.1 Å². The normalized spacial score (nSPS) is 15.9. The summed E-state index contributed by atoms with van der Waals surface area (Å²) in [5, 5.41) is 0. The SMILES string of the molecule is CC(C)CCCOC(=O)C1CCN(C(=O)c2ccccc2C(F)(F)F)CC1. The molecule has 1 heterocycles. The van der Waals surface area contributed by atoms with Gasteiger partial charge >= 0.3 is 12.1 Å². The highest BCUT2D eigenvalue weighted by atomic mass is 19.4. The number of halogens is 3. The number of hydrogen-bond acceptors (Lipinski definition) is 3. The molecule has 0 bridgehead atoms. The van der Waals surface area contributed by atoms with Gasteiger partial charge in [0.25, 0.3) is 5.91 Å². The lowest BCUT2D eigenvalue weighted by Crippen LogP contribution is -2.41. The van der Waals surface area contributed by atoms with Crippen LogP contribution in [0.2, 0.25) is 0 Å². The largest absolute Gasteiger partial charge is 0.465 e. The first-order chi connectivity index (χ1) is 12.7. The summed E-state index contributed by atoms with van der Waals surface area (Å²) in [6.45, 7) is 5.08. The Balaban J connectivity index is 1.89. The highest BCUT2D eigenvalue weighted by molar-refractivity contribution is 5.96. The van der Waals surface area contributed by atoms with Gasteiger partial charge in [-0.05, 0) is 43.7 Å². The van der Waals surface area contributed by atoms with Crippen LogP contribution >= 0.6 is 0 Å². The number of piperidine rings is 1. The number of rotatable bonds is 6. The van der Waals surface area contributed by atoms with Crippen LogP contribution in [0.4, 0.5) is 13.2 Å². The zero-order chi connectivity index (χ0) is 20.0. The van der Waals surface area contributed by atoms with Gasteiger partial charge < -0.3 is 9.64 Å². The molecule has 1 aliphatic heterocycles. The molecule has 0 unspecified atom stereocenters. The maximum absolute atomic E-state index is 13.1. The van der Waals surface area contributed by atoms with Crippen molar-refractivity contribution in [2.75, 3.05) is 19.7 Å². The van der Waals surface area contributed by atoms with Crippen LogP contribution in [0.1, 0.15) is 55.5 Å². The summed E-state index contributed by atoms with van der Waals surface area (Å²) < 4.78 is 44.6. The topological polar surface area (TPSA) is 46.6 Å². The van der Waals surface area contributed by atoms with E-state index in [1.807, 2.05) is 0 Å². The van der Waals surface area contributed by atoms with E-state index in [4.69, 9.17) is 4.74 Å². The van der Waals surface area contributed by atoms with Crippen LogP contribution in [-0.2, 0) is 15.7 Å². The fourth-order valence-electron chi connectivity index (χ4n) is 3.19. The smallest absolute Gasteiger partial charge is 0.417 e. The van der Waals surface area contributed by atoms with E-state index in [1.54, 1.807) is 0 Å². The lowest BCUT2D eigenvalue weighted by molar-refractivity contribution is -0.150. The van der Waals surface area contributed by atoms with E-state index in [9.17, 15) is 22.8 Å². The Morgan fingerprint density at radius 3 is 2.41 bits per heavy atom. The van der Waals surface area contributed by atoms with Crippen LogP contribution in [0.15, 0.2) is 24.3 Å². The van der Waals surface area contributed by atoms with Crippen LogP contribution in [0, 0.1) is 11.8 Å². The fraction of sp³-hybridized carbons (Fsp3) is 0.600. The Morgan fingerprint density at radius 1 is 1.19 bits per heavy atom. The predicted molar refractivity (Wildman–Crippen MR) is 95.1 cm³/mol. The molecule has 150 valence electrons. The summed E-state index contributed by atoms with van der Waals surface area (Å²) in [4.78, 5) is 26.0. The minimum Gasteiger partial charge on any atom is -0.465 e. The molecule has 0 aliphatic carbocycles. The molecule has 1 aromatic carbocycles. The molecule has 1 fully saturated rings. The Bertz CT molecular complexity index is 650. The second kappa shape index (κ2) is 9.24. The maximum Gasteiger partial charge on any atom is 0.417 e. The number of likely N-dealkylation sites (tertiary alicyclic amines) is 1. The average molecular weight is 385 g/mol. The van der Waals surface area contributed by atoms with Gasteiger partial charge in [0.1, 0.15) is 0 Å². The molecule has 1 aromatic rings. The molecule has 0 spiro atoms. The number of carbonyl (C=O) groups is 2. The van der Waals surface area contributed by atoms with Gasteiger partial charge in [-0.25, -0.2) is 0 Å². The Hall–Kier alpha value is -2.05. The molecule has 4 nitrogen and oxygen atoms in total. The van der Waals surface area contributed by atoms with E-state index in [-0.39, 0.29) is 30.5 Å². The predicted octanol–water partition coefficient (Wildman–Crippen LogP) is 4.54. The van der Waals surface area contributed by atoms with E-state index < -0.39 is 17.6 Å². The second-order valence-electron chi connectivity index (χ2n) is 7.31. The summed E-state index contributed by atoms with van der Waals surface area (Å²) in [6.07, 6.45) is -1.97. The van der Waals surface area contributed by atoms with E-state index in [0.29, 0.717) is 25.4 Å². The van der Waals surface area contributed by atoms with Crippen molar-refractivity contribution in [2.24, 2.45) is 11.8 Å². The third-order valence-electron chi connectivity index (χ3n) is 4.75. The molecule has 0 N–H and O–H groups in total. The van der Waals surface area contributed by atoms with E-state index >= 15 is 0 Å². The molecule has 1 amide bonds. The highest BCUT2D eigenvalue weighted by Gasteiger charge is 2.37. The van der Waals surface area contributed by atoms with E-state index in [1.165, 1.54) is 23.1 Å². The van der Waals surface area contributed by atoms with Crippen molar-refractivity contribution in [2.45, 2.75) is 45.7 Å². The van der Waals surface area contributed by atoms with Crippen molar-refractivity contribution in [3.05, 3.63) is 35.4 Å². The molecule has 2 rings (SSSR count). The standard InChI is InChI=1S/C20H26F3NO3/c1-14(2)6-5-13-27-19(26)15-9-11-24(12-10-15)18(25)16-7-3-4-8-17(16)20(21,22)23/h3-4,7-8,14-15H,5-6,9-13H2,1-2H3. The van der Waals surface area contributed by atoms with Crippen LogP contribution < -0.4 is 0 Å². The first-order valence-electron chi connectivity index (χ1n) is 9.32. The van der Waals surface area contributed by atoms with Gasteiger partial charge in [0.15, 0.2) is 0 Å². The van der Waals surface area contributed by atoms with Crippen molar-refractivity contribution < 1.29 is 27.5 Å². The van der Waals surface area contributed by atoms with Gasteiger partial charge in [0.05, 0.1) is 23.7 Å². The third-order valence-corrected chi connectivity index (χ3v) is 4.75. The van der Waals surface area contributed by atoms with Crippen molar-refractivity contribution >= 4 is 11.9 Å². The molecular weight excluding hydrogens is 359 g/mol. The van der Waals surface area contributed by atoms with Crippen molar-refractivity contribution in [3.63, 3.8) is 0 Å². The fourth-order valence-corrected chi connectivity index (χ4v) is 3.19. The van der Waals surface area contributed by atoms with Crippen molar-refractivity contribution in [1.82, 2.24) is 4.90 Å². The average Bonchev–Trinajstić information content (AvgIpc) is 2.63. The first kappa shape index (κ1) is 21.3. The number of amides is 1. The summed E-state index contributed by atoms with van der Waals surface area (Å²) in [5.74, 6) is -0.670. The highest BCUT2D eigenvalue weighted by Crippen LogP contribution is 2.33. The summed E-state index contributed by atoms with van der Waals surface area (Å²) >= 11 is 0. The van der Waals surface area contributed by atoms with Gasteiger partial charge in [-0.3, -0.25) is 9.59 Å². The third kappa shape index (κ3) is 5.97. The molecule has 0 aromatic heterocycles.